The maximum Gasteiger partial charge on any atom is 0.340 e. The van der Waals surface area contributed by atoms with Crippen LogP contribution in [-0.2, 0) is 17.7 Å². The van der Waals surface area contributed by atoms with Gasteiger partial charge in [0.15, 0.2) is 0 Å². The van der Waals surface area contributed by atoms with E-state index in [4.69, 9.17) is 10.5 Å². The van der Waals surface area contributed by atoms with Crippen molar-refractivity contribution in [2.24, 2.45) is 0 Å². The van der Waals surface area contributed by atoms with E-state index >= 15 is 0 Å². The van der Waals surface area contributed by atoms with Crippen LogP contribution < -0.4 is 11.1 Å². The van der Waals surface area contributed by atoms with Crippen LogP contribution in [0.3, 0.4) is 0 Å². The average Bonchev–Trinajstić information content (AvgIpc) is 2.94. The Kier molecular flexibility index (Phi) is 5.22. The predicted octanol–water partition coefficient (Wildman–Crippen LogP) is 3.68. The molecule has 0 aliphatic carbocycles. The van der Waals surface area contributed by atoms with E-state index in [1.54, 1.807) is 30.4 Å². The summed E-state index contributed by atoms with van der Waals surface area (Å²) in [5, 5.41) is 3.28. The standard InChI is InChI=1S/C16H20N2O2S/c1-3-11-8-9-12(21-11)10-18-14-7-5-6-13(15(14)17)16(19)20-4-2/h5-9,18H,3-4,10,17H2,1-2H3. The van der Waals surface area contributed by atoms with Gasteiger partial charge >= 0.3 is 5.97 Å². The summed E-state index contributed by atoms with van der Waals surface area (Å²) in [6.07, 6.45) is 1.05. The first-order valence-electron chi connectivity index (χ1n) is 7.02. The largest absolute Gasteiger partial charge is 0.462 e. The highest BCUT2D eigenvalue weighted by molar-refractivity contribution is 7.12. The zero-order valence-corrected chi connectivity index (χ0v) is 13.1. The Bertz CT molecular complexity index is 622. The molecule has 0 aliphatic heterocycles. The van der Waals surface area contributed by atoms with Crippen LogP contribution in [-0.4, -0.2) is 12.6 Å². The summed E-state index contributed by atoms with van der Waals surface area (Å²) < 4.78 is 5.00. The van der Waals surface area contributed by atoms with Crippen molar-refractivity contribution in [1.82, 2.24) is 0 Å². The average molecular weight is 304 g/mol. The monoisotopic (exact) mass is 304 g/mol. The molecule has 112 valence electrons. The molecule has 1 aromatic carbocycles. The fourth-order valence-corrected chi connectivity index (χ4v) is 2.89. The van der Waals surface area contributed by atoms with Gasteiger partial charge in [-0.2, -0.15) is 0 Å². The van der Waals surface area contributed by atoms with Gasteiger partial charge in [-0.15, -0.1) is 11.3 Å². The van der Waals surface area contributed by atoms with Crippen LogP contribution in [0, 0.1) is 0 Å². The number of hydrogen-bond acceptors (Lipinski definition) is 5. The molecule has 0 atom stereocenters. The van der Waals surface area contributed by atoms with Gasteiger partial charge in [0, 0.05) is 16.3 Å². The van der Waals surface area contributed by atoms with Gasteiger partial charge in [-0.3, -0.25) is 0 Å². The van der Waals surface area contributed by atoms with Crippen molar-refractivity contribution in [3.8, 4) is 0 Å². The number of ether oxygens (including phenoxy) is 1. The van der Waals surface area contributed by atoms with Gasteiger partial charge in [-0.25, -0.2) is 4.79 Å². The molecular formula is C16H20N2O2S. The summed E-state index contributed by atoms with van der Waals surface area (Å²) in [4.78, 5) is 14.4. The number of aryl methyl sites for hydroxylation is 1. The van der Waals surface area contributed by atoms with Crippen molar-refractivity contribution in [3.63, 3.8) is 0 Å². The molecule has 1 heterocycles. The molecule has 0 unspecified atom stereocenters. The summed E-state index contributed by atoms with van der Waals surface area (Å²) >= 11 is 1.78. The van der Waals surface area contributed by atoms with E-state index in [1.165, 1.54) is 9.75 Å². The van der Waals surface area contributed by atoms with Crippen LogP contribution in [0.25, 0.3) is 0 Å². The molecule has 0 spiro atoms. The molecule has 1 aromatic heterocycles. The maximum atomic E-state index is 11.8. The molecule has 0 fully saturated rings. The molecule has 0 aliphatic rings. The highest BCUT2D eigenvalue weighted by Crippen LogP contribution is 2.25. The molecular weight excluding hydrogens is 284 g/mol. The summed E-state index contributed by atoms with van der Waals surface area (Å²) in [5.41, 5.74) is 7.65. The van der Waals surface area contributed by atoms with E-state index in [1.807, 2.05) is 6.07 Å². The van der Waals surface area contributed by atoms with Gasteiger partial charge in [0.25, 0.3) is 0 Å². The fourth-order valence-electron chi connectivity index (χ4n) is 2.00. The van der Waals surface area contributed by atoms with Crippen LogP contribution in [0.1, 0.15) is 34.0 Å². The molecule has 4 nitrogen and oxygen atoms in total. The van der Waals surface area contributed by atoms with Crippen molar-refractivity contribution < 1.29 is 9.53 Å². The SMILES string of the molecule is CCOC(=O)c1cccc(NCc2ccc(CC)s2)c1N. The third-order valence-electron chi connectivity index (χ3n) is 3.12. The molecule has 0 saturated heterocycles. The lowest BCUT2D eigenvalue weighted by Crippen LogP contribution is -2.10. The summed E-state index contributed by atoms with van der Waals surface area (Å²) in [7, 11) is 0. The van der Waals surface area contributed by atoms with Crippen LogP contribution in [0.4, 0.5) is 11.4 Å². The quantitative estimate of drug-likeness (QED) is 0.631. The Labute approximate surface area is 128 Å². The minimum atomic E-state index is -0.386. The van der Waals surface area contributed by atoms with Gasteiger partial charge in [-0.1, -0.05) is 13.0 Å². The molecule has 0 bridgehead atoms. The van der Waals surface area contributed by atoms with E-state index in [2.05, 4.69) is 24.4 Å². The highest BCUT2D eigenvalue weighted by Gasteiger charge is 2.13. The molecule has 0 radical (unpaired) electrons. The van der Waals surface area contributed by atoms with Gasteiger partial charge in [-0.05, 0) is 37.6 Å². The number of benzene rings is 1. The lowest BCUT2D eigenvalue weighted by Gasteiger charge is -2.11. The number of hydrogen-bond donors (Lipinski definition) is 2. The van der Waals surface area contributed by atoms with Crippen LogP contribution >= 0.6 is 11.3 Å². The van der Waals surface area contributed by atoms with Gasteiger partial charge in [0.1, 0.15) is 0 Å². The third-order valence-corrected chi connectivity index (χ3v) is 4.35. The maximum absolute atomic E-state index is 11.8. The molecule has 2 aromatic rings. The second-order valence-corrected chi connectivity index (χ2v) is 5.82. The molecule has 3 N–H and O–H groups in total. The van der Waals surface area contributed by atoms with Crippen LogP contribution in [0.15, 0.2) is 30.3 Å². The van der Waals surface area contributed by atoms with Crippen molar-refractivity contribution >= 4 is 28.7 Å². The van der Waals surface area contributed by atoms with Gasteiger partial charge in [0.05, 0.1) is 23.5 Å². The Morgan fingerprint density at radius 1 is 1.24 bits per heavy atom. The third kappa shape index (κ3) is 3.76. The predicted molar refractivity (Wildman–Crippen MR) is 87.8 cm³/mol. The number of rotatable bonds is 6. The summed E-state index contributed by atoms with van der Waals surface area (Å²) in [5.74, 6) is -0.386. The molecule has 21 heavy (non-hydrogen) atoms. The van der Waals surface area contributed by atoms with Crippen LogP contribution in [0.2, 0.25) is 0 Å². The highest BCUT2D eigenvalue weighted by atomic mass is 32.1. The Hall–Kier alpha value is -2.01. The fraction of sp³-hybridized carbons (Fsp3) is 0.312. The Morgan fingerprint density at radius 3 is 2.67 bits per heavy atom. The number of esters is 1. The smallest absolute Gasteiger partial charge is 0.340 e. The van der Waals surface area contributed by atoms with Gasteiger partial charge < -0.3 is 15.8 Å². The second kappa shape index (κ2) is 7.13. The minimum absolute atomic E-state index is 0.338. The van der Waals surface area contributed by atoms with E-state index in [0.717, 1.165) is 12.1 Å². The zero-order valence-electron chi connectivity index (χ0n) is 12.3. The second-order valence-electron chi connectivity index (χ2n) is 4.56. The number of carbonyl (C=O) groups is 1. The van der Waals surface area contributed by atoms with Crippen molar-refractivity contribution in [1.29, 1.82) is 0 Å². The van der Waals surface area contributed by atoms with E-state index in [0.29, 0.717) is 24.4 Å². The first kappa shape index (κ1) is 15.4. The Morgan fingerprint density at radius 2 is 2.00 bits per heavy atom. The van der Waals surface area contributed by atoms with Crippen molar-refractivity contribution in [2.75, 3.05) is 17.7 Å². The zero-order chi connectivity index (χ0) is 15.2. The summed E-state index contributed by atoms with van der Waals surface area (Å²) in [6, 6.07) is 9.60. The number of carbonyl (C=O) groups excluding carboxylic acids is 1. The van der Waals surface area contributed by atoms with Crippen molar-refractivity contribution in [2.45, 2.75) is 26.8 Å². The lowest BCUT2D eigenvalue weighted by molar-refractivity contribution is 0.0527. The number of thiophene rings is 1. The molecule has 5 heteroatoms. The number of anilines is 2. The minimum Gasteiger partial charge on any atom is -0.462 e. The number of nitrogen functional groups attached to an aromatic ring is 1. The topological polar surface area (TPSA) is 64.3 Å². The summed E-state index contributed by atoms with van der Waals surface area (Å²) in [6.45, 7) is 4.95. The van der Waals surface area contributed by atoms with E-state index in [9.17, 15) is 4.79 Å². The normalized spacial score (nSPS) is 10.4. The van der Waals surface area contributed by atoms with Crippen LogP contribution in [0.5, 0.6) is 0 Å². The first-order chi connectivity index (χ1) is 10.2. The molecule has 0 amide bonds. The molecule has 2 rings (SSSR count). The Balaban J connectivity index is 2.09. The van der Waals surface area contributed by atoms with E-state index in [-0.39, 0.29) is 5.97 Å². The number of para-hydroxylation sites is 1. The van der Waals surface area contributed by atoms with Gasteiger partial charge in [0.2, 0.25) is 0 Å². The van der Waals surface area contributed by atoms with Crippen molar-refractivity contribution in [3.05, 3.63) is 45.6 Å². The number of nitrogens with two attached hydrogens (primary N) is 1. The van der Waals surface area contributed by atoms with E-state index < -0.39 is 0 Å². The lowest BCUT2D eigenvalue weighted by atomic mass is 10.1. The number of nitrogens with one attached hydrogen (secondary N) is 1. The molecule has 0 saturated carbocycles. The first-order valence-corrected chi connectivity index (χ1v) is 7.84.